The van der Waals surface area contributed by atoms with Crippen LogP contribution in [-0.4, -0.2) is 29.8 Å². The van der Waals surface area contributed by atoms with E-state index in [9.17, 15) is 14.7 Å². The number of cyclic esters (lactones) is 1. The molecule has 0 saturated heterocycles. The van der Waals surface area contributed by atoms with Crippen LogP contribution in [0.2, 0.25) is 0 Å². The molecule has 1 heterocycles. The van der Waals surface area contributed by atoms with Gasteiger partial charge in [-0.05, 0) is 47.6 Å². The van der Waals surface area contributed by atoms with Crippen molar-refractivity contribution in [2.45, 2.75) is 52.6 Å². The molecule has 5 heteroatoms. The Morgan fingerprint density at radius 3 is 2.66 bits per heavy atom. The minimum absolute atomic E-state index is 0.0416. The van der Waals surface area contributed by atoms with Crippen LogP contribution in [0.3, 0.4) is 0 Å². The van der Waals surface area contributed by atoms with Crippen LogP contribution in [0.15, 0.2) is 41.5 Å². The number of benzene rings is 1. The Kier molecular flexibility index (Phi) is 4.80. The van der Waals surface area contributed by atoms with Crippen LogP contribution in [0.25, 0.3) is 6.08 Å². The number of phenols is 1. The Labute approximate surface area is 171 Å². The van der Waals surface area contributed by atoms with Crippen molar-refractivity contribution < 1.29 is 24.2 Å². The molecule has 3 atom stereocenters. The number of fused-ring (bicyclic) bond motifs is 2. The molecule has 4 rings (SSSR count). The fraction of sp³-hybridized carbons (Fsp3) is 0.500. The first-order chi connectivity index (χ1) is 13.7. The predicted molar refractivity (Wildman–Crippen MR) is 109 cm³/mol. The van der Waals surface area contributed by atoms with Crippen LogP contribution in [0, 0.1) is 16.7 Å². The number of aromatic hydroxyl groups is 1. The normalized spacial score (nSPS) is 30.7. The second kappa shape index (κ2) is 7.05. The van der Waals surface area contributed by atoms with Gasteiger partial charge in [-0.25, -0.2) is 9.59 Å². The molecule has 3 aliphatic rings. The van der Waals surface area contributed by atoms with Crippen molar-refractivity contribution in [3.8, 4) is 5.75 Å². The summed E-state index contributed by atoms with van der Waals surface area (Å²) in [5.74, 6) is -0.328. The molecule has 2 aliphatic carbocycles. The van der Waals surface area contributed by atoms with Crippen LogP contribution in [-0.2, 0) is 19.1 Å². The second-order valence-corrected chi connectivity index (χ2v) is 9.40. The van der Waals surface area contributed by atoms with Crippen LogP contribution in [0.5, 0.6) is 5.75 Å². The highest BCUT2D eigenvalue weighted by Gasteiger charge is 2.59. The Morgan fingerprint density at radius 1 is 1.21 bits per heavy atom. The fourth-order valence-corrected chi connectivity index (χ4v) is 5.93. The van der Waals surface area contributed by atoms with Gasteiger partial charge in [-0.3, -0.25) is 0 Å². The van der Waals surface area contributed by atoms with E-state index in [1.807, 2.05) is 0 Å². The summed E-state index contributed by atoms with van der Waals surface area (Å²) in [6.07, 6.45) is 6.40. The number of carbonyl (C=O) groups excluding carboxylic acids is 2. The van der Waals surface area contributed by atoms with Crippen molar-refractivity contribution in [3.05, 3.63) is 47.1 Å². The molecule has 1 N–H and O–H groups in total. The van der Waals surface area contributed by atoms with E-state index in [4.69, 9.17) is 9.47 Å². The Hall–Kier alpha value is -2.56. The third-order valence-corrected chi connectivity index (χ3v) is 6.94. The van der Waals surface area contributed by atoms with Crippen molar-refractivity contribution >= 4 is 18.0 Å². The SMILES string of the molecule is CC1(C)CCCC2(C)C3=C(COC3=O)CC(OC(=O)C=Cc3ccc(O)cc3)C12. The average molecular weight is 396 g/mol. The molecule has 1 aliphatic heterocycles. The summed E-state index contributed by atoms with van der Waals surface area (Å²) in [7, 11) is 0. The molecule has 1 fully saturated rings. The number of ether oxygens (including phenoxy) is 2. The van der Waals surface area contributed by atoms with Crippen LogP contribution >= 0.6 is 0 Å². The summed E-state index contributed by atoms with van der Waals surface area (Å²) in [5, 5.41) is 9.37. The lowest BCUT2D eigenvalue weighted by Crippen LogP contribution is -2.53. The maximum absolute atomic E-state index is 12.6. The first-order valence-electron chi connectivity index (χ1n) is 10.3. The second-order valence-electron chi connectivity index (χ2n) is 9.40. The van der Waals surface area contributed by atoms with E-state index in [1.54, 1.807) is 30.3 Å². The standard InChI is InChI=1S/C24H28O5/c1-23(2)11-4-12-24(3)20-16(14-28-22(20)27)13-18(21(23)24)29-19(26)10-7-15-5-8-17(25)9-6-15/h5-10,18,21,25H,4,11-14H2,1-3H3. The summed E-state index contributed by atoms with van der Waals surface area (Å²) in [6, 6.07) is 6.62. The van der Waals surface area contributed by atoms with Crippen LogP contribution in [0.4, 0.5) is 0 Å². The summed E-state index contributed by atoms with van der Waals surface area (Å²) in [6.45, 7) is 6.89. The van der Waals surface area contributed by atoms with Gasteiger partial charge in [-0.1, -0.05) is 39.3 Å². The molecule has 0 aromatic heterocycles. The van der Waals surface area contributed by atoms with E-state index in [0.29, 0.717) is 13.0 Å². The lowest BCUT2D eigenvalue weighted by molar-refractivity contribution is -0.157. The summed E-state index contributed by atoms with van der Waals surface area (Å²) < 4.78 is 11.3. The van der Waals surface area contributed by atoms with Gasteiger partial charge in [0, 0.05) is 29.4 Å². The Morgan fingerprint density at radius 2 is 1.93 bits per heavy atom. The van der Waals surface area contributed by atoms with Crippen molar-refractivity contribution in [2.24, 2.45) is 16.7 Å². The van der Waals surface area contributed by atoms with Gasteiger partial charge in [0.1, 0.15) is 18.5 Å². The topological polar surface area (TPSA) is 72.8 Å². The van der Waals surface area contributed by atoms with Gasteiger partial charge in [-0.15, -0.1) is 0 Å². The van der Waals surface area contributed by atoms with E-state index in [0.717, 1.165) is 36.0 Å². The van der Waals surface area contributed by atoms with E-state index in [2.05, 4.69) is 20.8 Å². The quantitative estimate of drug-likeness (QED) is 0.605. The summed E-state index contributed by atoms with van der Waals surface area (Å²) in [5.41, 5.74) is 2.27. The summed E-state index contributed by atoms with van der Waals surface area (Å²) in [4.78, 5) is 25.1. The molecule has 1 aromatic rings. The Balaban J connectivity index is 1.59. The zero-order chi connectivity index (χ0) is 20.8. The zero-order valence-electron chi connectivity index (χ0n) is 17.2. The first-order valence-corrected chi connectivity index (χ1v) is 10.3. The van der Waals surface area contributed by atoms with Gasteiger partial charge < -0.3 is 14.6 Å². The molecule has 29 heavy (non-hydrogen) atoms. The number of carbonyl (C=O) groups is 2. The number of phenolic OH excluding ortho intramolecular Hbond substituents is 1. The van der Waals surface area contributed by atoms with Gasteiger partial charge in [0.2, 0.25) is 0 Å². The molecule has 1 saturated carbocycles. The van der Waals surface area contributed by atoms with Crippen molar-refractivity contribution in [2.75, 3.05) is 6.61 Å². The molecule has 0 spiro atoms. The van der Waals surface area contributed by atoms with Gasteiger partial charge in [0.25, 0.3) is 0 Å². The predicted octanol–water partition coefficient (Wildman–Crippen LogP) is 4.41. The highest BCUT2D eigenvalue weighted by atomic mass is 16.5. The van der Waals surface area contributed by atoms with E-state index >= 15 is 0 Å². The minimum atomic E-state index is -0.388. The monoisotopic (exact) mass is 396 g/mol. The molecular weight excluding hydrogens is 368 g/mol. The molecule has 0 bridgehead atoms. The van der Waals surface area contributed by atoms with Crippen molar-refractivity contribution in [1.82, 2.24) is 0 Å². The molecule has 1 aromatic carbocycles. The lowest BCUT2D eigenvalue weighted by atomic mass is 9.49. The van der Waals surface area contributed by atoms with E-state index in [1.165, 1.54) is 6.08 Å². The first kappa shape index (κ1) is 19.7. The van der Waals surface area contributed by atoms with E-state index in [-0.39, 0.29) is 40.5 Å². The number of hydrogen-bond acceptors (Lipinski definition) is 5. The largest absolute Gasteiger partial charge is 0.508 e. The Bertz CT molecular complexity index is 892. The highest BCUT2D eigenvalue weighted by Crippen LogP contribution is 2.61. The van der Waals surface area contributed by atoms with Gasteiger partial charge in [-0.2, -0.15) is 0 Å². The molecular formula is C24H28O5. The molecule has 5 nitrogen and oxygen atoms in total. The zero-order valence-corrected chi connectivity index (χ0v) is 17.2. The minimum Gasteiger partial charge on any atom is -0.508 e. The molecule has 3 unspecified atom stereocenters. The van der Waals surface area contributed by atoms with Crippen LogP contribution in [0.1, 0.15) is 52.0 Å². The van der Waals surface area contributed by atoms with Crippen LogP contribution < -0.4 is 0 Å². The number of esters is 2. The summed E-state index contributed by atoms with van der Waals surface area (Å²) >= 11 is 0. The number of rotatable bonds is 3. The molecule has 0 amide bonds. The van der Waals surface area contributed by atoms with Crippen molar-refractivity contribution in [1.29, 1.82) is 0 Å². The third kappa shape index (κ3) is 3.47. The van der Waals surface area contributed by atoms with Crippen molar-refractivity contribution in [3.63, 3.8) is 0 Å². The molecule has 154 valence electrons. The van der Waals surface area contributed by atoms with Gasteiger partial charge >= 0.3 is 11.9 Å². The lowest BCUT2D eigenvalue weighted by Gasteiger charge is -2.55. The smallest absolute Gasteiger partial charge is 0.334 e. The third-order valence-electron chi connectivity index (χ3n) is 6.94. The maximum Gasteiger partial charge on any atom is 0.334 e. The average Bonchev–Trinajstić information content (AvgIpc) is 3.02. The maximum atomic E-state index is 12.6. The fourth-order valence-electron chi connectivity index (χ4n) is 5.93. The van der Waals surface area contributed by atoms with Gasteiger partial charge in [0.05, 0.1) is 0 Å². The van der Waals surface area contributed by atoms with E-state index < -0.39 is 0 Å². The number of hydrogen-bond donors (Lipinski definition) is 1. The molecule has 0 radical (unpaired) electrons. The highest BCUT2D eigenvalue weighted by molar-refractivity contribution is 5.94. The van der Waals surface area contributed by atoms with Gasteiger partial charge in [0.15, 0.2) is 0 Å².